The molecule has 19 heavy (non-hydrogen) atoms. The summed E-state index contributed by atoms with van der Waals surface area (Å²) >= 11 is 0. The minimum atomic E-state index is -0.774. The first-order chi connectivity index (χ1) is 8.77. The van der Waals surface area contributed by atoms with E-state index in [1.54, 1.807) is 32.0 Å². The molecule has 0 bridgehead atoms. The molecule has 0 aromatic heterocycles. The molecule has 0 aliphatic rings. The van der Waals surface area contributed by atoms with Crippen LogP contribution in [0.3, 0.4) is 0 Å². The van der Waals surface area contributed by atoms with Crippen LogP contribution in [0.1, 0.15) is 29.8 Å². The Morgan fingerprint density at radius 1 is 1.32 bits per heavy atom. The van der Waals surface area contributed by atoms with E-state index in [1.807, 2.05) is 6.92 Å². The summed E-state index contributed by atoms with van der Waals surface area (Å²) in [5.74, 6) is 4.62. The number of nitrogens with one attached hydrogen (secondary N) is 2. The number of hydrazine groups is 1. The Labute approximate surface area is 112 Å². The molecule has 0 aliphatic heterocycles. The molecule has 1 rings (SSSR count). The normalized spacial score (nSPS) is 10.9. The van der Waals surface area contributed by atoms with Crippen LogP contribution < -0.4 is 22.3 Å². The zero-order chi connectivity index (χ0) is 14.6. The smallest absolute Gasteiger partial charge is 0.251 e. The number of carbonyl (C=O) groups excluding carboxylic acids is 2. The second-order valence-electron chi connectivity index (χ2n) is 5.10. The van der Waals surface area contributed by atoms with E-state index in [9.17, 15) is 9.59 Å². The monoisotopic (exact) mass is 264 g/mol. The lowest BCUT2D eigenvalue weighted by Gasteiger charge is -2.20. The van der Waals surface area contributed by atoms with E-state index in [1.165, 1.54) is 0 Å². The highest BCUT2D eigenvalue weighted by Gasteiger charge is 2.25. The van der Waals surface area contributed by atoms with Gasteiger partial charge in [0.2, 0.25) is 5.91 Å². The van der Waals surface area contributed by atoms with Gasteiger partial charge in [0.15, 0.2) is 0 Å². The van der Waals surface area contributed by atoms with Crippen molar-refractivity contribution in [2.75, 3.05) is 12.0 Å². The zero-order valence-corrected chi connectivity index (χ0v) is 11.4. The molecule has 104 valence electrons. The minimum absolute atomic E-state index is 0.192. The molecule has 1 aromatic carbocycles. The Morgan fingerprint density at radius 3 is 2.42 bits per heavy atom. The van der Waals surface area contributed by atoms with Crippen molar-refractivity contribution < 1.29 is 9.59 Å². The first kappa shape index (κ1) is 15.0. The third-order valence-corrected chi connectivity index (χ3v) is 3.00. The van der Waals surface area contributed by atoms with Crippen LogP contribution in [-0.4, -0.2) is 18.4 Å². The maximum absolute atomic E-state index is 12.0. The van der Waals surface area contributed by atoms with Gasteiger partial charge < -0.3 is 16.5 Å². The van der Waals surface area contributed by atoms with Crippen molar-refractivity contribution in [2.24, 2.45) is 17.0 Å². The summed E-state index contributed by atoms with van der Waals surface area (Å²) in [6.45, 7) is 5.40. The fraction of sp³-hybridized carbons (Fsp3) is 0.385. The molecule has 6 nitrogen and oxygen atoms in total. The molecule has 0 fully saturated rings. The van der Waals surface area contributed by atoms with Gasteiger partial charge >= 0.3 is 0 Å². The Hall–Kier alpha value is -2.08. The fourth-order valence-corrected chi connectivity index (χ4v) is 1.46. The van der Waals surface area contributed by atoms with Crippen LogP contribution in [0, 0.1) is 12.3 Å². The van der Waals surface area contributed by atoms with Crippen LogP contribution in [0.4, 0.5) is 5.69 Å². The van der Waals surface area contributed by atoms with Crippen LogP contribution in [0.5, 0.6) is 0 Å². The highest BCUT2D eigenvalue weighted by Crippen LogP contribution is 2.16. The number of hydrogen-bond donors (Lipinski definition) is 4. The van der Waals surface area contributed by atoms with E-state index >= 15 is 0 Å². The van der Waals surface area contributed by atoms with E-state index in [0.29, 0.717) is 5.56 Å². The van der Waals surface area contributed by atoms with Gasteiger partial charge in [-0.3, -0.25) is 15.4 Å². The summed E-state index contributed by atoms with van der Waals surface area (Å²) < 4.78 is 0. The van der Waals surface area contributed by atoms with Gasteiger partial charge in [-0.05, 0) is 44.5 Å². The Balaban J connectivity index is 2.74. The first-order valence-corrected chi connectivity index (χ1v) is 5.93. The van der Waals surface area contributed by atoms with Crippen LogP contribution in [-0.2, 0) is 4.79 Å². The van der Waals surface area contributed by atoms with Crippen LogP contribution in [0.15, 0.2) is 18.2 Å². The summed E-state index contributed by atoms with van der Waals surface area (Å²) in [5.41, 5.74) is 9.14. The number of benzene rings is 1. The average Bonchev–Trinajstić information content (AvgIpc) is 2.35. The molecular weight excluding hydrogens is 244 g/mol. The molecule has 0 aliphatic carbocycles. The Bertz CT molecular complexity index is 497. The van der Waals surface area contributed by atoms with Crippen molar-refractivity contribution in [3.05, 3.63) is 29.3 Å². The maximum Gasteiger partial charge on any atom is 0.251 e. The van der Waals surface area contributed by atoms with Crippen molar-refractivity contribution >= 4 is 17.5 Å². The molecule has 0 saturated carbocycles. The van der Waals surface area contributed by atoms with Crippen LogP contribution in [0.2, 0.25) is 0 Å². The van der Waals surface area contributed by atoms with Crippen molar-refractivity contribution in [1.29, 1.82) is 0 Å². The molecule has 6 N–H and O–H groups in total. The Morgan fingerprint density at radius 2 is 1.95 bits per heavy atom. The average molecular weight is 264 g/mol. The van der Waals surface area contributed by atoms with Gasteiger partial charge in [0, 0.05) is 12.1 Å². The van der Waals surface area contributed by atoms with Crippen molar-refractivity contribution in [3.8, 4) is 0 Å². The molecule has 1 aromatic rings. The molecule has 0 saturated heterocycles. The van der Waals surface area contributed by atoms with Gasteiger partial charge in [0.25, 0.3) is 5.91 Å². The molecule has 6 heteroatoms. The second-order valence-corrected chi connectivity index (χ2v) is 5.10. The molecular formula is C13H20N4O2. The Kier molecular flexibility index (Phi) is 4.50. The molecule has 2 amide bonds. The number of nitrogen functional groups attached to an aromatic ring is 1. The van der Waals surface area contributed by atoms with Crippen molar-refractivity contribution in [2.45, 2.75) is 20.8 Å². The topological polar surface area (TPSA) is 110 Å². The zero-order valence-electron chi connectivity index (χ0n) is 11.4. The van der Waals surface area contributed by atoms with Gasteiger partial charge in [-0.25, -0.2) is 0 Å². The van der Waals surface area contributed by atoms with Gasteiger partial charge in [0.05, 0.1) is 11.1 Å². The third-order valence-electron chi connectivity index (χ3n) is 3.00. The largest absolute Gasteiger partial charge is 0.369 e. The van der Waals surface area contributed by atoms with E-state index in [0.717, 1.165) is 11.3 Å². The lowest BCUT2D eigenvalue weighted by atomic mass is 9.92. The molecule has 0 atom stereocenters. The second kappa shape index (κ2) is 5.71. The number of primary amides is 1. The van der Waals surface area contributed by atoms with Gasteiger partial charge in [-0.2, -0.15) is 0 Å². The first-order valence-electron chi connectivity index (χ1n) is 5.93. The third kappa shape index (κ3) is 3.69. The number of amides is 2. The summed E-state index contributed by atoms with van der Waals surface area (Å²) in [5, 5.41) is 2.69. The molecule has 0 spiro atoms. The molecule has 0 unspecified atom stereocenters. The number of carbonyl (C=O) groups is 2. The minimum Gasteiger partial charge on any atom is -0.369 e. The van der Waals surface area contributed by atoms with E-state index < -0.39 is 11.3 Å². The van der Waals surface area contributed by atoms with Crippen LogP contribution in [0.25, 0.3) is 0 Å². The standard InChI is InChI=1S/C13H20N4O2/c1-8-6-9(4-5-10(8)17-15)11(18)16-7-13(2,3)12(14)19/h4-6,17H,7,15H2,1-3H3,(H2,14,19)(H,16,18). The predicted octanol–water partition coefficient (Wildman–Crippen LogP) is 0.522. The quantitative estimate of drug-likeness (QED) is 0.459. The van der Waals surface area contributed by atoms with Crippen molar-refractivity contribution in [1.82, 2.24) is 5.32 Å². The number of anilines is 1. The SMILES string of the molecule is Cc1cc(C(=O)NCC(C)(C)C(N)=O)ccc1NN. The number of hydrogen-bond acceptors (Lipinski definition) is 4. The van der Waals surface area contributed by atoms with Gasteiger partial charge in [-0.15, -0.1) is 0 Å². The summed E-state index contributed by atoms with van der Waals surface area (Å²) in [4.78, 5) is 23.1. The van der Waals surface area contributed by atoms with E-state index in [4.69, 9.17) is 11.6 Å². The van der Waals surface area contributed by atoms with Crippen molar-refractivity contribution in [3.63, 3.8) is 0 Å². The summed E-state index contributed by atoms with van der Waals surface area (Å²) in [6, 6.07) is 5.11. The van der Waals surface area contributed by atoms with Gasteiger partial charge in [-0.1, -0.05) is 0 Å². The lowest BCUT2D eigenvalue weighted by molar-refractivity contribution is -0.125. The van der Waals surface area contributed by atoms with E-state index in [-0.39, 0.29) is 12.5 Å². The highest BCUT2D eigenvalue weighted by molar-refractivity contribution is 5.95. The summed E-state index contributed by atoms with van der Waals surface area (Å²) in [7, 11) is 0. The maximum atomic E-state index is 12.0. The fourth-order valence-electron chi connectivity index (χ4n) is 1.46. The number of nitrogens with two attached hydrogens (primary N) is 2. The van der Waals surface area contributed by atoms with E-state index in [2.05, 4.69) is 10.7 Å². The predicted molar refractivity (Wildman–Crippen MR) is 74.3 cm³/mol. The number of rotatable bonds is 5. The van der Waals surface area contributed by atoms with Gasteiger partial charge in [0.1, 0.15) is 0 Å². The summed E-state index contributed by atoms with van der Waals surface area (Å²) in [6.07, 6.45) is 0. The highest BCUT2D eigenvalue weighted by atomic mass is 16.2. The van der Waals surface area contributed by atoms with Crippen LogP contribution >= 0.6 is 0 Å². The number of aryl methyl sites for hydroxylation is 1. The molecule has 0 radical (unpaired) electrons. The lowest BCUT2D eigenvalue weighted by Crippen LogP contribution is -2.42. The molecule has 0 heterocycles.